The quantitative estimate of drug-likeness (QED) is 0.347. The number of ether oxygens (including phenoxy) is 1. The van der Waals surface area contributed by atoms with Gasteiger partial charge in [-0.25, -0.2) is 4.98 Å². The zero-order valence-electron chi connectivity index (χ0n) is 17.1. The van der Waals surface area contributed by atoms with Crippen LogP contribution in [0.5, 0.6) is 23.3 Å². The number of rotatable bonds is 4. The Bertz CT molecular complexity index is 1410. The van der Waals surface area contributed by atoms with E-state index in [4.69, 9.17) is 4.74 Å². The summed E-state index contributed by atoms with van der Waals surface area (Å²) < 4.78 is 5.58. The zero-order chi connectivity index (χ0) is 22.2. The van der Waals surface area contributed by atoms with Gasteiger partial charge < -0.3 is 20.1 Å². The fourth-order valence-corrected chi connectivity index (χ4v) is 3.85. The fourth-order valence-electron chi connectivity index (χ4n) is 3.85. The van der Waals surface area contributed by atoms with Crippen molar-refractivity contribution in [3.63, 3.8) is 0 Å². The van der Waals surface area contributed by atoms with Gasteiger partial charge in [-0.3, -0.25) is 0 Å². The van der Waals surface area contributed by atoms with Crippen LogP contribution in [0.4, 0.5) is 0 Å². The van der Waals surface area contributed by atoms with Gasteiger partial charge in [0, 0.05) is 17.7 Å². The number of hydrogen-bond acceptors (Lipinski definition) is 7. The molecule has 0 aliphatic rings. The summed E-state index contributed by atoms with van der Waals surface area (Å²) in [5.74, 6) is -0.610. The number of phenols is 3. The van der Waals surface area contributed by atoms with Crippen molar-refractivity contribution in [2.24, 2.45) is 0 Å². The lowest BCUT2D eigenvalue weighted by molar-refractivity contribution is 0.312. The van der Waals surface area contributed by atoms with Gasteiger partial charge in [0.25, 0.3) is 0 Å². The topological polar surface area (TPSA) is 109 Å². The SMILES string of the molecule is CCOc1nc(-c2c(O)cc(O)cc2O)nc(-c2c3ccccc3cc3ccccc23)n1. The van der Waals surface area contributed by atoms with Crippen molar-refractivity contribution < 1.29 is 20.1 Å². The van der Waals surface area contributed by atoms with Crippen molar-refractivity contribution in [1.82, 2.24) is 15.0 Å². The molecule has 7 heteroatoms. The molecule has 1 heterocycles. The Morgan fingerprint density at radius 2 is 1.22 bits per heavy atom. The van der Waals surface area contributed by atoms with E-state index in [-0.39, 0.29) is 34.6 Å². The van der Waals surface area contributed by atoms with Crippen molar-refractivity contribution in [3.8, 4) is 46.0 Å². The molecule has 0 aliphatic heterocycles. The van der Waals surface area contributed by atoms with Crippen LogP contribution in [-0.2, 0) is 0 Å². The summed E-state index contributed by atoms with van der Waals surface area (Å²) in [5, 5.41) is 34.4. The lowest BCUT2D eigenvalue weighted by Gasteiger charge is -2.13. The summed E-state index contributed by atoms with van der Waals surface area (Å²) in [4.78, 5) is 13.4. The second-order valence-electron chi connectivity index (χ2n) is 7.25. The number of benzene rings is 4. The average molecular weight is 425 g/mol. The molecular weight excluding hydrogens is 406 g/mol. The predicted molar refractivity (Wildman–Crippen MR) is 122 cm³/mol. The first-order valence-corrected chi connectivity index (χ1v) is 10.1. The highest BCUT2D eigenvalue weighted by Gasteiger charge is 2.20. The largest absolute Gasteiger partial charge is 0.508 e. The molecule has 4 aromatic carbocycles. The molecule has 5 rings (SSSR count). The minimum atomic E-state index is -0.357. The molecule has 158 valence electrons. The van der Waals surface area contributed by atoms with Gasteiger partial charge in [-0.2, -0.15) is 9.97 Å². The van der Waals surface area contributed by atoms with Crippen LogP contribution in [0, 0.1) is 0 Å². The monoisotopic (exact) mass is 425 g/mol. The van der Waals surface area contributed by atoms with Crippen molar-refractivity contribution in [2.45, 2.75) is 6.92 Å². The van der Waals surface area contributed by atoms with Crippen molar-refractivity contribution >= 4 is 21.5 Å². The van der Waals surface area contributed by atoms with Gasteiger partial charge in [0.1, 0.15) is 22.8 Å². The number of hydrogen-bond donors (Lipinski definition) is 3. The van der Waals surface area contributed by atoms with E-state index < -0.39 is 0 Å². The molecule has 0 bridgehead atoms. The van der Waals surface area contributed by atoms with Gasteiger partial charge in [0.2, 0.25) is 0 Å². The number of fused-ring (bicyclic) bond motifs is 2. The normalized spacial score (nSPS) is 11.2. The van der Waals surface area contributed by atoms with Gasteiger partial charge in [-0.1, -0.05) is 48.5 Å². The molecule has 7 nitrogen and oxygen atoms in total. The first-order chi connectivity index (χ1) is 15.5. The summed E-state index contributed by atoms with van der Waals surface area (Å²) in [6.45, 7) is 2.14. The number of aromatic nitrogens is 3. The van der Waals surface area contributed by atoms with Gasteiger partial charge in [0.05, 0.1) is 6.61 Å². The second-order valence-corrected chi connectivity index (χ2v) is 7.25. The van der Waals surface area contributed by atoms with Crippen LogP contribution in [-0.4, -0.2) is 36.9 Å². The summed E-state index contributed by atoms with van der Waals surface area (Å²) >= 11 is 0. The van der Waals surface area contributed by atoms with E-state index in [1.807, 2.05) is 55.5 Å². The smallest absolute Gasteiger partial charge is 0.320 e. The molecule has 0 unspecified atom stereocenters. The minimum Gasteiger partial charge on any atom is -0.508 e. The van der Waals surface area contributed by atoms with Gasteiger partial charge in [0.15, 0.2) is 11.6 Å². The minimum absolute atomic E-state index is 0.0167. The molecule has 32 heavy (non-hydrogen) atoms. The average Bonchev–Trinajstić information content (AvgIpc) is 2.77. The zero-order valence-corrected chi connectivity index (χ0v) is 17.1. The molecule has 0 aliphatic carbocycles. The highest BCUT2D eigenvalue weighted by atomic mass is 16.5. The molecule has 0 radical (unpaired) electrons. The first kappa shape index (κ1) is 19.6. The molecule has 1 aromatic heterocycles. The molecule has 0 fully saturated rings. The lowest BCUT2D eigenvalue weighted by atomic mass is 9.96. The Morgan fingerprint density at radius 1 is 0.688 bits per heavy atom. The maximum absolute atomic E-state index is 10.4. The summed E-state index contributed by atoms with van der Waals surface area (Å²) in [6.07, 6.45) is 0. The summed E-state index contributed by atoms with van der Waals surface area (Å²) in [7, 11) is 0. The van der Waals surface area contributed by atoms with Gasteiger partial charge in [-0.05, 0) is 34.5 Å². The van der Waals surface area contributed by atoms with Crippen LogP contribution in [0.1, 0.15) is 6.92 Å². The predicted octanol–water partition coefficient (Wildman–Crippen LogP) is 5.03. The molecule has 0 atom stereocenters. The van der Waals surface area contributed by atoms with E-state index in [2.05, 4.69) is 21.0 Å². The standard InChI is InChI=1S/C25H19N3O4/c1-2-32-25-27-23(26-24(28-25)22-19(30)12-16(29)13-20(22)31)21-17-9-5-3-7-14(17)11-15-8-4-6-10-18(15)21/h3-13,29-31H,2H2,1H3. The first-order valence-electron chi connectivity index (χ1n) is 10.1. The van der Waals surface area contributed by atoms with Crippen LogP contribution < -0.4 is 4.74 Å². The van der Waals surface area contributed by atoms with E-state index in [0.29, 0.717) is 12.4 Å². The number of phenolic OH excluding ortho intramolecular Hbond substituents is 3. The summed E-state index contributed by atoms with van der Waals surface area (Å²) in [5.41, 5.74) is 0.776. The second kappa shape index (κ2) is 7.70. The van der Waals surface area contributed by atoms with E-state index >= 15 is 0 Å². The highest BCUT2D eigenvalue weighted by molar-refractivity contribution is 6.11. The van der Waals surface area contributed by atoms with Crippen LogP contribution in [0.2, 0.25) is 0 Å². The summed E-state index contributed by atoms with van der Waals surface area (Å²) in [6, 6.07) is 20.3. The maximum atomic E-state index is 10.4. The lowest BCUT2D eigenvalue weighted by Crippen LogP contribution is -2.04. The maximum Gasteiger partial charge on any atom is 0.320 e. The van der Waals surface area contributed by atoms with Crippen molar-refractivity contribution in [3.05, 3.63) is 66.7 Å². The molecule has 5 aromatic rings. The number of aromatic hydroxyl groups is 3. The number of nitrogens with zero attached hydrogens (tertiary/aromatic N) is 3. The van der Waals surface area contributed by atoms with Gasteiger partial charge >= 0.3 is 6.01 Å². The Balaban J connectivity index is 1.86. The molecule has 0 saturated carbocycles. The molecule has 0 amide bonds. The van der Waals surface area contributed by atoms with Crippen LogP contribution in [0.15, 0.2) is 66.7 Å². The molecule has 0 spiro atoms. The van der Waals surface area contributed by atoms with Crippen LogP contribution in [0.25, 0.3) is 44.3 Å². The molecular formula is C25H19N3O4. The van der Waals surface area contributed by atoms with Gasteiger partial charge in [-0.15, -0.1) is 0 Å². The third-order valence-electron chi connectivity index (χ3n) is 5.19. The van der Waals surface area contributed by atoms with E-state index in [1.165, 1.54) is 0 Å². The third-order valence-corrected chi connectivity index (χ3v) is 5.19. The third kappa shape index (κ3) is 3.30. The van der Waals surface area contributed by atoms with E-state index in [0.717, 1.165) is 39.2 Å². The Kier molecular flexibility index (Phi) is 4.71. The van der Waals surface area contributed by atoms with Crippen LogP contribution >= 0.6 is 0 Å². The molecule has 0 saturated heterocycles. The Hall–Kier alpha value is -4.39. The Labute approximate surface area is 183 Å². The Morgan fingerprint density at radius 3 is 1.78 bits per heavy atom. The molecule has 3 N–H and O–H groups in total. The van der Waals surface area contributed by atoms with Crippen molar-refractivity contribution in [2.75, 3.05) is 6.61 Å². The van der Waals surface area contributed by atoms with Crippen molar-refractivity contribution in [1.29, 1.82) is 0 Å². The fraction of sp³-hybridized carbons (Fsp3) is 0.0800. The van der Waals surface area contributed by atoms with E-state index in [9.17, 15) is 15.3 Å². The van der Waals surface area contributed by atoms with Crippen LogP contribution in [0.3, 0.4) is 0 Å². The highest BCUT2D eigenvalue weighted by Crippen LogP contribution is 2.41. The van der Waals surface area contributed by atoms with E-state index in [1.54, 1.807) is 0 Å².